The first-order valence-electron chi connectivity index (χ1n) is 7.04. The monoisotopic (exact) mass is 264 g/mol. The van der Waals surface area contributed by atoms with E-state index in [1.807, 2.05) is 17.8 Å². The molecule has 1 aliphatic rings. The Balaban J connectivity index is 1.90. The van der Waals surface area contributed by atoms with Gasteiger partial charge in [0.25, 0.3) is 0 Å². The van der Waals surface area contributed by atoms with Crippen LogP contribution in [0.25, 0.3) is 0 Å². The fraction of sp³-hybridized carbons (Fsp3) is 0.625. The van der Waals surface area contributed by atoms with Crippen molar-refractivity contribution >= 4 is 11.8 Å². The van der Waals surface area contributed by atoms with Crippen molar-refractivity contribution in [2.45, 2.75) is 57.3 Å². The van der Waals surface area contributed by atoms with Crippen molar-refractivity contribution in [3.8, 4) is 0 Å². The minimum absolute atomic E-state index is 0.308. The Hall–Kier alpha value is -0.470. The number of thioether (sulfide) groups is 1. The average Bonchev–Trinajstić information content (AvgIpc) is 2.40. The van der Waals surface area contributed by atoms with Crippen LogP contribution >= 0.6 is 11.8 Å². The summed E-state index contributed by atoms with van der Waals surface area (Å²) in [5, 5.41) is 11.1. The van der Waals surface area contributed by atoms with Crippen LogP contribution in [0.3, 0.4) is 0 Å². The first kappa shape index (κ1) is 14.0. The lowest BCUT2D eigenvalue weighted by atomic mass is 10.00. The maximum absolute atomic E-state index is 10.3. The zero-order chi connectivity index (χ0) is 13.0. The zero-order valence-corrected chi connectivity index (χ0v) is 12.3. The summed E-state index contributed by atoms with van der Waals surface area (Å²) >= 11 is 1.96. The average molecular weight is 264 g/mol. The third-order valence-corrected chi connectivity index (χ3v) is 5.50. The minimum atomic E-state index is -0.308. The van der Waals surface area contributed by atoms with Gasteiger partial charge in [0, 0.05) is 11.0 Å². The van der Waals surface area contributed by atoms with Gasteiger partial charge in [-0.25, -0.2) is 0 Å². The third-order valence-electron chi connectivity index (χ3n) is 4.05. The summed E-state index contributed by atoms with van der Waals surface area (Å²) in [5.41, 5.74) is 3.63. The summed E-state index contributed by atoms with van der Waals surface area (Å²) < 4.78 is 0. The van der Waals surface area contributed by atoms with E-state index in [4.69, 9.17) is 0 Å². The highest BCUT2D eigenvalue weighted by atomic mass is 32.2. The molecule has 0 heterocycles. The van der Waals surface area contributed by atoms with Crippen molar-refractivity contribution in [3.05, 3.63) is 34.9 Å². The molecule has 0 bridgehead atoms. The summed E-state index contributed by atoms with van der Waals surface area (Å²) in [7, 11) is 0. The van der Waals surface area contributed by atoms with E-state index in [1.54, 1.807) is 0 Å². The number of rotatable bonds is 4. The van der Waals surface area contributed by atoms with Crippen LogP contribution in [0.5, 0.6) is 0 Å². The summed E-state index contributed by atoms with van der Waals surface area (Å²) in [5.74, 6) is 0.842. The Kier molecular flexibility index (Phi) is 5.13. The molecule has 1 unspecified atom stereocenters. The molecule has 2 rings (SSSR count). The standard InChI is InChI=1S/C16H24OS/c1-12-7-6-10-15(13(12)2)16(17)11-18-14-8-4-3-5-9-14/h6-7,10,14,16-17H,3-5,8-9,11H2,1-2H3. The highest BCUT2D eigenvalue weighted by Crippen LogP contribution is 2.31. The smallest absolute Gasteiger partial charge is 0.0883 e. The number of hydrogen-bond acceptors (Lipinski definition) is 2. The lowest BCUT2D eigenvalue weighted by molar-refractivity contribution is 0.203. The van der Waals surface area contributed by atoms with E-state index in [2.05, 4.69) is 26.0 Å². The second-order valence-corrected chi connectivity index (χ2v) is 6.73. The first-order valence-corrected chi connectivity index (χ1v) is 8.09. The van der Waals surface area contributed by atoms with Crippen molar-refractivity contribution < 1.29 is 5.11 Å². The molecule has 0 saturated heterocycles. The molecule has 0 radical (unpaired) electrons. The Morgan fingerprint density at radius 2 is 1.94 bits per heavy atom. The van der Waals surface area contributed by atoms with Crippen molar-refractivity contribution in [2.24, 2.45) is 0 Å². The molecule has 0 aromatic heterocycles. The topological polar surface area (TPSA) is 20.2 Å². The van der Waals surface area contributed by atoms with Crippen LogP contribution < -0.4 is 0 Å². The van der Waals surface area contributed by atoms with Gasteiger partial charge in [-0.2, -0.15) is 11.8 Å². The van der Waals surface area contributed by atoms with Gasteiger partial charge in [0.15, 0.2) is 0 Å². The van der Waals surface area contributed by atoms with E-state index in [0.717, 1.165) is 16.6 Å². The van der Waals surface area contributed by atoms with Crippen LogP contribution in [0.1, 0.15) is 54.9 Å². The van der Waals surface area contributed by atoms with Gasteiger partial charge in [0.1, 0.15) is 0 Å². The van der Waals surface area contributed by atoms with Gasteiger partial charge in [0.05, 0.1) is 6.10 Å². The highest BCUT2D eigenvalue weighted by molar-refractivity contribution is 7.99. The largest absolute Gasteiger partial charge is 0.388 e. The predicted octanol–water partition coefficient (Wildman–Crippen LogP) is 4.40. The van der Waals surface area contributed by atoms with Gasteiger partial charge in [-0.05, 0) is 43.4 Å². The molecule has 0 spiro atoms. The SMILES string of the molecule is Cc1cccc(C(O)CSC2CCCCC2)c1C. The fourth-order valence-electron chi connectivity index (χ4n) is 2.68. The molecule has 1 saturated carbocycles. The summed E-state index contributed by atoms with van der Waals surface area (Å²) in [6, 6.07) is 6.22. The zero-order valence-electron chi connectivity index (χ0n) is 11.5. The normalized spacial score (nSPS) is 18.8. The molecule has 100 valence electrons. The quantitative estimate of drug-likeness (QED) is 0.869. The predicted molar refractivity (Wildman–Crippen MR) is 80.2 cm³/mol. The lowest BCUT2D eigenvalue weighted by Crippen LogP contribution is -2.12. The van der Waals surface area contributed by atoms with Crippen LogP contribution in [0.15, 0.2) is 18.2 Å². The van der Waals surface area contributed by atoms with Crippen molar-refractivity contribution in [1.29, 1.82) is 0 Å². The van der Waals surface area contributed by atoms with Crippen LogP contribution in [0.4, 0.5) is 0 Å². The van der Waals surface area contributed by atoms with Gasteiger partial charge < -0.3 is 5.11 Å². The van der Waals surface area contributed by atoms with Crippen LogP contribution in [0, 0.1) is 13.8 Å². The van der Waals surface area contributed by atoms with Gasteiger partial charge in [-0.3, -0.25) is 0 Å². The molecule has 2 heteroatoms. The molecule has 1 atom stereocenters. The second kappa shape index (κ2) is 6.63. The van der Waals surface area contributed by atoms with E-state index in [-0.39, 0.29) is 6.10 Å². The minimum Gasteiger partial charge on any atom is -0.388 e. The van der Waals surface area contributed by atoms with E-state index < -0.39 is 0 Å². The van der Waals surface area contributed by atoms with Crippen LogP contribution in [-0.2, 0) is 0 Å². The number of aliphatic hydroxyl groups excluding tert-OH is 1. The van der Waals surface area contributed by atoms with Crippen LogP contribution in [-0.4, -0.2) is 16.1 Å². The van der Waals surface area contributed by atoms with E-state index in [0.29, 0.717) is 0 Å². The molecular weight excluding hydrogens is 240 g/mol. The first-order chi connectivity index (χ1) is 8.68. The number of aliphatic hydroxyl groups is 1. The van der Waals surface area contributed by atoms with Gasteiger partial charge in [-0.15, -0.1) is 0 Å². The molecule has 0 amide bonds. The molecule has 1 aromatic carbocycles. The van der Waals surface area contributed by atoms with E-state index in [9.17, 15) is 5.11 Å². The van der Waals surface area contributed by atoms with Crippen molar-refractivity contribution in [3.63, 3.8) is 0 Å². The molecular formula is C16H24OS. The Morgan fingerprint density at radius 3 is 2.67 bits per heavy atom. The van der Waals surface area contributed by atoms with E-state index >= 15 is 0 Å². The number of aryl methyl sites for hydroxylation is 1. The number of benzene rings is 1. The maximum atomic E-state index is 10.3. The molecule has 0 aliphatic heterocycles. The van der Waals surface area contributed by atoms with Gasteiger partial charge in [0.2, 0.25) is 0 Å². The Morgan fingerprint density at radius 1 is 1.22 bits per heavy atom. The maximum Gasteiger partial charge on any atom is 0.0883 e. The molecule has 18 heavy (non-hydrogen) atoms. The molecule has 1 aliphatic carbocycles. The molecule has 1 aromatic rings. The Bertz CT molecular complexity index is 383. The second-order valence-electron chi connectivity index (χ2n) is 5.40. The van der Waals surface area contributed by atoms with Crippen LogP contribution in [0.2, 0.25) is 0 Å². The third kappa shape index (κ3) is 3.52. The van der Waals surface area contributed by atoms with Crippen molar-refractivity contribution in [2.75, 3.05) is 5.75 Å². The lowest BCUT2D eigenvalue weighted by Gasteiger charge is -2.23. The highest BCUT2D eigenvalue weighted by Gasteiger charge is 2.17. The summed E-state index contributed by atoms with van der Waals surface area (Å²) in [6.07, 6.45) is 6.51. The van der Waals surface area contributed by atoms with E-state index in [1.165, 1.54) is 43.2 Å². The molecule has 1 N–H and O–H groups in total. The fourth-order valence-corrected chi connectivity index (χ4v) is 3.98. The number of hydrogen-bond donors (Lipinski definition) is 1. The molecule has 1 nitrogen and oxygen atoms in total. The van der Waals surface area contributed by atoms with Gasteiger partial charge >= 0.3 is 0 Å². The summed E-state index contributed by atoms with van der Waals surface area (Å²) in [6.45, 7) is 4.22. The van der Waals surface area contributed by atoms with Crippen molar-refractivity contribution in [1.82, 2.24) is 0 Å². The van der Waals surface area contributed by atoms with Gasteiger partial charge in [-0.1, -0.05) is 37.5 Å². The molecule has 1 fully saturated rings. The Labute approximate surface area is 115 Å². The summed E-state index contributed by atoms with van der Waals surface area (Å²) in [4.78, 5) is 0.